The lowest BCUT2D eigenvalue weighted by Crippen LogP contribution is -2.54. The Morgan fingerprint density at radius 2 is 1.81 bits per heavy atom. The molecule has 0 saturated carbocycles. The largest absolute Gasteiger partial charge is 0.439 e. The van der Waals surface area contributed by atoms with Gasteiger partial charge in [-0.2, -0.15) is 0 Å². The smallest absolute Gasteiger partial charge is 0.248 e. The molecule has 2 atom stereocenters. The third-order valence-corrected chi connectivity index (χ3v) is 7.99. The van der Waals surface area contributed by atoms with E-state index in [1.807, 2.05) is 0 Å². The first kappa shape index (κ1) is 24.8. The second-order valence-electron chi connectivity index (χ2n) is 8.16. The molecular formula is C26H17Cl2FN2O3S2. The Morgan fingerprint density at radius 3 is 2.50 bits per heavy atom. The summed E-state index contributed by atoms with van der Waals surface area (Å²) in [4.78, 5) is 32.0. The van der Waals surface area contributed by atoms with Gasteiger partial charge in [-0.3, -0.25) is 13.9 Å². The van der Waals surface area contributed by atoms with E-state index in [4.69, 9.17) is 27.9 Å². The number of ketones is 1. The summed E-state index contributed by atoms with van der Waals surface area (Å²) in [6, 6.07) is 19.0. The minimum atomic E-state index is -1.35. The van der Waals surface area contributed by atoms with E-state index in [1.54, 1.807) is 53.9 Å². The summed E-state index contributed by atoms with van der Waals surface area (Å²) >= 11 is 18.5. The zero-order valence-corrected chi connectivity index (χ0v) is 21.6. The first-order valence-corrected chi connectivity index (χ1v) is 12.8. The summed E-state index contributed by atoms with van der Waals surface area (Å²) in [7, 11) is 0. The maximum atomic E-state index is 13.7. The number of hydrogen-bond donors (Lipinski definition) is 1. The molecule has 1 saturated heterocycles. The van der Waals surface area contributed by atoms with Crippen LogP contribution in [-0.2, 0) is 15.1 Å². The highest BCUT2D eigenvalue weighted by Crippen LogP contribution is 2.49. The van der Waals surface area contributed by atoms with Gasteiger partial charge in [0.25, 0.3) is 0 Å². The van der Waals surface area contributed by atoms with Gasteiger partial charge < -0.3 is 4.74 Å². The fourth-order valence-corrected chi connectivity index (χ4v) is 5.91. The Morgan fingerprint density at radius 1 is 1.06 bits per heavy atom. The van der Waals surface area contributed by atoms with E-state index in [2.05, 4.69) is 17.8 Å². The Balaban J connectivity index is 1.60. The van der Waals surface area contributed by atoms with Crippen molar-refractivity contribution in [3.63, 3.8) is 0 Å². The van der Waals surface area contributed by atoms with E-state index >= 15 is 0 Å². The van der Waals surface area contributed by atoms with E-state index in [9.17, 15) is 14.0 Å². The quantitative estimate of drug-likeness (QED) is 0.210. The third-order valence-electron chi connectivity index (χ3n) is 6.01. The van der Waals surface area contributed by atoms with E-state index in [0.29, 0.717) is 31.9 Å². The number of hydrogen-bond acceptors (Lipinski definition) is 6. The van der Waals surface area contributed by atoms with Crippen molar-refractivity contribution in [2.75, 3.05) is 0 Å². The van der Waals surface area contributed by atoms with Crippen LogP contribution in [0.2, 0.25) is 9.36 Å². The van der Waals surface area contributed by atoms with Crippen molar-refractivity contribution in [3.8, 4) is 11.6 Å². The van der Waals surface area contributed by atoms with Crippen LogP contribution in [0.1, 0.15) is 29.2 Å². The average Bonchev–Trinajstić information content (AvgIpc) is 3.31. The van der Waals surface area contributed by atoms with Crippen LogP contribution in [0.3, 0.4) is 0 Å². The predicted octanol–water partition coefficient (Wildman–Crippen LogP) is 7.05. The van der Waals surface area contributed by atoms with Crippen LogP contribution < -0.4 is 4.74 Å². The van der Waals surface area contributed by atoms with Crippen LogP contribution in [0.15, 0.2) is 78.2 Å². The number of piperidine rings is 1. The van der Waals surface area contributed by atoms with E-state index in [1.165, 1.54) is 39.9 Å². The van der Waals surface area contributed by atoms with Crippen LogP contribution in [0.5, 0.6) is 11.6 Å². The normalized spacial score (nSPS) is 20.0. The zero-order chi connectivity index (χ0) is 25.4. The van der Waals surface area contributed by atoms with Gasteiger partial charge in [0, 0.05) is 17.5 Å². The molecule has 10 heteroatoms. The number of thiophene rings is 1. The second kappa shape index (κ2) is 9.86. The van der Waals surface area contributed by atoms with E-state index in [-0.39, 0.29) is 18.1 Å². The lowest BCUT2D eigenvalue weighted by atomic mass is 9.75. The number of nitrogens with zero attached hydrogens (tertiary/aromatic N) is 2. The van der Waals surface area contributed by atoms with Gasteiger partial charge in [0.1, 0.15) is 23.0 Å². The molecular weight excluding hydrogens is 542 g/mol. The molecule has 0 N–H and O–H groups in total. The van der Waals surface area contributed by atoms with Crippen molar-refractivity contribution >= 4 is 59.0 Å². The van der Waals surface area contributed by atoms with Crippen molar-refractivity contribution in [3.05, 3.63) is 110 Å². The van der Waals surface area contributed by atoms with Gasteiger partial charge in [0.15, 0.2) is 5.78 Å². The zero-order valence-electron chi connectivity index (χ0n) is 18.4. The summed E-state index contributed by atoms with van der Waals surface area (Å²) in [5.74, 6) is -1.77. The Labute approximate surface area is 226 Å². The number of halogens is 3. The molecule has 2 unspecified atom stereocenters. The van der Waals surface area contributed by atoms with Crippen molar-refractivity contribution in [1.29, 1.82) is 0 Å². The number of Topliss-reactive ketones (excluding diaryl/α,β-unsaturated/α-hetero) is 1. The number of carbonyl (C=O) groups excluding carboxylic acids is 2. The van der Waals surface area contributed by atoms with Crippen molar-refractivity contribution in [2.45, 2.75) is 17.9 Å². The summed E-state index contributed by atoms with van der Waals surface area (Å²) in [6.45, 7) is 0. The van der Waals surface area contributed by atoms with Crippen LogP contribution in [0, 0.1) is 5.82 Å². The molecule has 182 valence electrons. The van der Waals surface area contributed by atoms with Crippen LogP contribution >= 0.6 is 47.4 Å². The molecule has 2 aromatic heterocycles. The van der Waals surface area contributed by atoms with Crippen LogP contribution in [-0.4, -0.2) is 21.0 Å². The van der Waals surface area contributed by atoms with Gasteiger partial charge in [-0.05, 0) is 59.0 Å². The van der Waals surface area contributed by atoms with Gasteiger partial charge in [0.2, 0.25) is 11.8 Å². The molecule has 1 aliphatic rings. The molecule has 0 radical (unpaired) electrons. The molecule has 1 aliphatic heterocycles. The number of aromatic nitrogens is 1. The van der Waals surface area contributed by atoms with Gasteiger partial charge in [-0.15, -0.1) is 11.3 Å². The first-order chi connectivity index (χ1) is 17.3. The molecule has 0 spiro atoms. The van der Waals surface area contributed by atoms with Crippen molar-refractivity contribution in [2.24, 2.45) is 0 Å². The highest BCUT2D eigenvalue weighted by molar-refractivity contribution is 7.78. The van der Waals surface area contributed by atoms with Gasteiger partial charge in [-0.1, -0.05) is 60.3 Å². The molecule has 4 aromatic rings. The number of thiol groups is 1. The van der Waals surface area contributed by atoms with Crippen LogP contribution in [0.4, 0.5) is 4.39 Å². The van der Waals surface area contributed by atoms with Crippen molar-refractivity contribution in [1.82, 2.24) is 9.29 Å². The third kappa shape index (κ3) is 4.39. The minimum absolute atomic E-state index is 0.113. The Bertz CT molecular complexity index is 1460. The maximum Gasteiger partial charge on any atom is 0.248 e. The molecule has 0 bridgehead atoms. The fraction of sp³-hybridized carbons (Fsp3) is 0.115. The van der Waals surface area contributed by atoms with Crippen LogP contribution in [0.25, 0.3) is 0 Å². The topological polar surface area (TPSA) is 59.5 Å². The van der Waals surface area contributed by atoms with Gasteiger partial charge >= 0.3 is 0 Å². The molecule has 36 heavy (non-hydrogen) atoms. The second-order valence-corrected chi connectivity index (χ2v) is 10.5. The summed E-state index contributed by atoms with van der Waals surface area (Å²) in [5, 5.41) is 2.10. The standard InChI is InChI=1S/C26H17Cl2FN2O3S2/c27-19-5-2-1-4-18(19)24-20(32)13-26(31(35)25(24)33,15-12-22(28)36-14-15)21-6-3-7-23(30-21)34-17-10-8-16(29)9-11-17/h1-12,14,24,35H,13H2. The average molecular weight is 559 g/mol. The van der Waals surface area contributed by atoms with Gasteiger partial charge in [-0.25, -0.2) is 9.37 Å². The lowest BCUT2D eigenvalue weighted by molar-refractivity contribution is -0.142. The summed E-state index contributed by atoms with van der Waals surface area (Å²) < 4.78 is 20.8. The minimum Gasteiger partial charge on any atom is -0.439 e. The number of amides is 1. The lowest BCUT2D eigenvalue weighted by Gasteiger charge is -2.45. The Hall–Kier alpha value is -2.91. The Kier molecular flexibility index (Phi) is 6.78. The number of carbonyl (C=O) groups is 2. The predicted molar refractivity (Wildman–Crippen MR) is 140 cm³/mol. The molecule has 1 amide bonds. The molecule has 0 aliphatic carbocycles. The highest BCUT2D eigenvalue weighted by atomic mass is 35.5. The molecule has 3 heterocycles. The molecule has 5 rings (SSSR count). The van der Waals surface area contributed by atoms with E-state index in [0.717, 1.165) is 0 Å². The van der Waals surface area contributed by atoms with Gasteiger partial charge in [0.05, 0.1) is 10.0 Å². The maximum absolute atomic E-state index is 13.7. The first-order valence-electron chi connectivity index (χ1n) is 10.7. The number of benzene rings is 2. The fourth-order valence-electron chi connectivity index (χ4n) is 4.32. The monoisotopic (exact) mass is 558 g/mol. The molecule has 5 nitrogen and oxygen atoms in total. The van der Waals surface area contributed by atoms with E-state index < -0.39 is 23.2 Å². The molecule has 1 fully saturated rings. The van der Waals surface area contributed by atoms with Crippen molar-refractivity contribution < 1.29 is 18.7 Å². The molecule has 2 aromatic carbocycles. The summed E-state index contributed by atoms with van der Waals surface area (Å²) in [6.07, 6.45) is -0.113. The SMILES string of the molecule is O=C1CC(c2csc(Cl)c2)(c2cccc(Oc3ccc(F)cc3)n2)N(S)C(=O)C1c1ccccc1Cl. The number of rotatable bonds is 5. The highest BCUT2D eigenvalue weighted by Gasteiger charge is 2.54. The number of pyridine rings is 1. The number of ether oxygens (including phenoxy) is 1. The summed E-state index contributed by atoms with van der Waals surface area (Å²) in [5.41, 5.74) is 0.0385.